The summed E-state index contributed by atoms with van der Waals surface area (Å²) < 4.78 is 0. The molecule has 0 spiro atoms. The largest absolute Gasteiger partial charge is 0.366 e. The molecule has 0 fully saturated rings. The van der Waals surface area contributed by atoms with E-state index in [0.717, 1.165) is 29.4 Å². The molecule has 5 nitrogen and oxygen atoms in total. The molecule has 84 valence electrons. The first kappa shape index (κ1) is 10.6. The number of rotatable bonds is 3. The van der Waals surface area contributed by atoms with E-state index in [2.05, 4.69) is 25.5 Å². The summed E-state index contributed by atoms with van der Waals surface area (Å²) in [7, 11) is 0. The van der Waals surface area contributed by atoms with Crippen LogP contribution in [0.15, 0.2) is 12.4 Å². The summed E-state index contributed by atoms with van der Waals surface area (Å²) in [6.45, 7) is 6.68. The maximum Gasteiger partial charge on any atom is 0.129 e. The lowest BCUT2D eigenvalue weighted by Crippen LogP contribution is -2.03. The van der Waals surface area contributed by atoms with E-state index >= 15 is 0 Å². The third-order valence-corrected chi connectivity index (χ3v) is 2.53. The number of anilines is 1. The van der Waals surface area contributed by atoms with Crippen LogP contribution in [0.5, 0.6) is 0 Å². The number of nitrogens with zero attached hydrogens (tertiary/aromatic N) is 3. The van der Waals surface area contributed by atoms with Crippen LogP contribution in [0.2, 0.25) is 0 Å². The number of aromatic nitrogens is 4. The Morgan fingerprint density at radius 3 is 2.69 bits per heavy atom. The van der Waals surface area contributed by atoms with Gasteiger partial charge >= 0.3 is 0 Å². The van der Waals surface area contributed by atoms with Gasteiger partial charge in [-0.3, -0.25) is 5.10 Å². The van der Waals surface area contributed by atoms with Crippen LogP contribution in [0.4, 0.5) is 5.82 Å². The Morgan fingerprint density at radius 2 is 2.06 bits per heavy atom. The van der Waals surface area contributed by atoms with Crippen molar-refractivity contribution in [1.29, 1.82) is 0 Å². The Balaban J connectivity index is 2.08. The van der Waals surface area contributed by atoms with Gasteiger partial charge in [-0.2, -0.15) is 5.10 Å². The standard InChI is InChI=1S/C11H15N5/c1-7-4-11(14-6-13-7)12-5-10-8(2)15-16-9(10)3/h4,6H,5H2,1-3H3,(H,15,16)(H,12,13,14). The summed E-state index contributed by atoms with van der Waals surface area (Å²) in [5.74, 6) is 0.840. The first-order chi connectivity index (χ1) is 7.66. The molecule has 0 radical (unpaired) electrons. The van der Waals surface area contributed by atoms with Crippen LogP contribution >= 0.6 is 0 Å². The molecule has 16 heavy (non-hydrogen) atoms. The smallest absolute Gasteiger partial charge is 0.129 e. The minimum absolute atomic E-state index is 0.727. The fraction of sp³-hybridized carbons (Fsp3) is 0.364. The molecule has 2 N–H and O–H groups in total. The van der Waals surface area contributed by atoms with Gasteiger partial charge in [-0.05, 0) is 20.8 Å². The van der Waals surface area contributed by atoms with Gasteiger partial charge in [-0.1, -0.05) is 0 Å². The SMILES string of the molecule is Cc1cc(NCc2c(C)n[nH]c2C)ncn1. The highest BCUT2D eigenvalue weighted by molar-refractivity contribution is 5.37. The van der Waals surface area contributed by atoms with E-state index < -0.39 is 0 Å². The molecule has 0 unspecified atom stereocenters. The third-order valence-electron chi connectivity index (χ3n) is 2.53. The van der Waals surface area contributed by atoms with E-state index in [1.807, 2.05) is 26.8 Å². The summed E-state index contributed by atoms with van der Waals surface area (Å²) in [6.07, 6.45) is 1.56. The molecule has 2 aromatic rings. The fourth-order valence-electron chi connectivity index (χ4n) is 1.56. The lowest BCUT2D eigenvalue weighted by molar-refractivity contribution is 1.02. The number of hydrogen-bond acceptors (Lipinski definition) is 4. The van der Waals surface area contributed by atoms with Crippen LogP contribution in [-0.2, 0) is 6.54 Å². The van der Waals surface area contributed by atoms with Crippen LogP contribution in [-0.4, -0.2) is 20.2 Å². The van der Waals surface area contributed by atoms with Crippen molar-refractivity contribution in [3.63, 3.8) is 0 Å². The summed E-state index contributed by atoms with van der Waals surface area (Å²) in [6, 6.07) is 1.92. The van der Waals surface area contributed by atoms with Crippen LogP contribution in [0.3, 0.4) is 0 Å². The van der Waals surface area contributed by atoms with E-state index in [4.69, 9.17) is 0 Å². The van der Waals surface area contributed by atoms with Crippen LogP contribution in [0.1, 0.15) is 22.6 Å². The molecule has 5 heteroatoms. The van der Waals surface area contributed by atoms with Crippen LogP contribution in [0, 0.1) is 20.8 Å². The number of aryl methyl sites for hydroxylation is 3. The van der Waals surface area contributed by atoms with Gasteiger partial charge in [-0.15, -0.1) is 0 Å². The summed E-state index contributed by atoms with van der Waals surface area (Å²) in [5, 5.41) is 10.4. The van der Waals surface area contributed by atoms with Crippen molar-refractivity contribution >= 4 is 5.82 Å². The minimum Gasteiger partial charge on any atom is -0.366 e. The molecule has 0 aromatic carbocycles. The number of H-pyrrole nitrogens is 1. The predicted molar refractivity (Wildman–Crippen MR) is 62.2 cm³/mol. The molecular formula is C11H15N5. The molecule has 0 atom stereocenters. The topological polar surface area (TPSA) is 66.5 Å². The van der Waals surface area contributed by atoms with Gasteiger partial charge in [0, 0.05) is 29.6 Å². The van der Waals surface area contributed by atoms with E-state index in [0.29, 0.717) is 0 Å². The van der Waals surface area contributed by atoms with Gasteiger partial charge in [0.1, 0.15) is 12.1 Å². The van der Waals surface area contributed by atoms with Crippen molar-refractivity contribution in [2.75, 3.05) is 5.32 Å². The maximum absolute atomic E-state index is 4.15. The fourth-order valence-corrected chi connectivity index (χ4v) is 1.56. The highest BCUT2D eigenvalue weighted by Gasteiger charge is 2.05. The molecule has 0 aliphatic carbocycles. The van der Waals surface area contributed by atoms with Crippen molar-refractivity contribution in [3.8, 4) is 0 Å². The van der Waals surface area contributed by atoms with Gasteiger partial charge in [0.15, 0.2) is 0 Å². The monoisotopic (exact) mass is 217 g/mol. The van der Waals surface area contributed by atoms with Gasteiger partial charge in [0.25, 0.3) is 0 Å². The van der Waals surface area contributed by atoms with Crippen molar-refractivity contribution in [2.24, 2.45) is 0 Å². The first-order valence-electron chi connectivity index (χ1n) is 5.20. The third kappa shape index (κ3) is 2.18. The highest BCUT2D eigenvalue weighted by Crippen LogP contribution is 2.11. The molecule has 0 aliphatic heterocycles. The quantitative estimate of drug-likeness (QED) is 0.821. The van der Waals surface area contributed by atoms with Gasteiger partial charge < -0.3 is 5.32 Å². The molecular weight excluding hydrogens is 202 g/mol. The normalized spacial score (nSPS) is 10.4. The van der Waals surface area contributed by atoms with Crippen LogP contribution < -0.4 is 5.32 Å². The maximum atomic E-state index is 4.15. The second kappa shape index (κ2) is 4.30. The van der Waals surface area contributed by atoms with Gasteiger partial charge in [-0.25, -0.2) is 9.97 Å². The number of aromatic amines is 1. The Labute approximate surface area is 94.3 Å². The lowest BCUT2D eigenvalue weighted by atomic mass is 10.2. The summed E-state index contributed by atoms with van der Waals surface area (Å²) in [5.41, 5.74) is 4.26. The second-order valence-electron chi connectivity index (χ2n) is 3.81. The Kier molecular flexibility index (Phi) is 2.85. The van der Waals surface area contributed by atoms with E-state index in [9.17, 15) is 0 Å². The first-order valence-corrected chi connectivity index (χ1v) is 5.20. The zero-order chi connectivity index (χ0) is 11.5. The second-order valence-corrected chi connectivity index (χ2v) is 3.81. The van der Waals surface area contributed by atoms with Gasteiger partial charge in [0.2, 0.25) is 0 Å². The van der Waals surface area contributed by atoms with Crippen molar-refractivity contribution in [1.82, 2.24) is 20.2 Å². The molecule has 0 bridgehead atoms. The number of nitrogens with one attached hydrogen (secondary N) is 2. The van der Waals surface area contributed by atoms with Crippen molar-refractivity contribution < 1.29 is 0 Å². The molecule has 2 heterocycles. The van der Waals surface area contributed by atoms with E-state index in [1.54, 1.807) is 6.33 Å². The average molecular weight is 217 g/mol. The molecule has 0 saturated heterocycles. The van der Waals surface area contributed by atoms with E-state index in [-0.39, 0.29) is 0 Å². The molecule has 2 aromatic heterocycles. The van der Waals surface area contributed by atoms with Gasteiger partial charge in [0.05, 0.1) is 5.69 Å². The molecule has 0 amide bonds. The van der Waals surface area contributed by atoms with Crippen molar-refractivity contribution in [2.45, 2.75) is 27.3 Å². The zero-order valence-corrected chi connectivity index (χ0v) is 9.70. The average Bonchev–Trinajstić information content (AvgIpc) is 2.56. The lowest BCUT2D eigenvalue weighted by Gasteiger charge is -2.05. The van der Waals surface area contributed by atoms with Crippen LogP contribution in [0.25, 0.3) is 0 Å². The van der Waals surface area contributed by atoms with Crippen molar-refractivity contribution in [3.05, 3.63) is 35.0 Å². The summed E-state index contributed by atoms with van der Waals surface area (Å²) >= 11 is 0. The summed E-state index contributed by atoms with van der Waals surface area (Å²) in [4.78, 5) is 8.20. The minimum atomic E-state index is 0.727. The molecule has 2 rings (SSSR count). The van der Waals surface area contributed by atoms with E-state index in [1.165, 1.54) is 5.56 Å². The Hall–Kier alpha value is -1.91. The zero-order valence-electron chi connectivity index (χ0n) is 9.70. The predicted octanol–water partition coefficient (Wildman–Crippen LogP) is 1.74. The number of hydrogen-bond donors (Lipinski definition) is 2. The Bertz CT molecular complexity index is 469. The Morgan fingerprint density at radius 1 is 1.25 bits per heavy atom. The molecule has 0 saturated carbocycles. The highest BCUT2D eigenvalue weighted by atomic mass is 15.1. The molecule has 0 aliphatic rings.